The lowest BCUT2D eigenvalue weighted by molar-refractivity contribution is -0.115. The summed E-state index contributed by atoms with van der Waals surface area (Å²) >= 11 is 0. The molecule has 8 heteroatoms. The second kappa shape index (κ2) is 9.37. The Balaban J connectivity index is 1.63. The van der Waals surface area contributed by atoms with E-state index in [0.717, 1.165) is 39.5 Å². The Labute approximate surface area is 204 Å². The van der Waals surface area contributed by atoms with Crippen LogP contribution in [0.1, 0.15) is 58.5 Å². The second-order valence-electron chi connectivity index (χ2n) is 9.31. The van der Waals surface area contributed by atoms with Gasteiger partial charge in [-0.05, 0) is 71.7 Å². The first kappa shape index (κ1) is 24.2. The molecule has 3 aromatic heterocycles. The van der Waals surface area contributed by atoms with Crippen molar-refractivity contribution in [3.63, 3.8) is 0 Å². The van der Waals surface area contributed by atoms with Crippen LogP contribution in [0.4, 0.5) is 5.69 Å². The summed E-state index contributed by atoms with van der Waals surface area (Å²) in [4.78, 5) is 30.7. The van der Waals surface area contributed by atoms with E-state index in [4.69, 9.17) is 9.40 Å². The summed E-state index contributed by atoms with van der Waals surface area (Å²) in [5.74, 6) is 0.825. The number of anilines is 1. The number of nitrogens with one attached hydrogen (secondary N) is 2. The normalized spacial score (nSPS) is 11.3. The molecular formula is C27H31N5O3. The highest BCUT2D eigenvalue weighted by Crippen LogP contribution is 2.30. The van der Waals surface area contributed by atoms with E-state index < -0.39 is 0 Å². The quantitative estimate of drug-likeness (QED) is 0.402. The third-order valence-electron chi connectivity index (χ3n) is 5.97. The number of aryl methyl sites for hydroxylation is 5. The summed E-state index contributed by atoms with van der Waals surface area (Å²) in [7, 11) is 0. The van der Waals surface area contributed by atoms with Gasteiger partial charge in [0, 0.05) is 17.3 Å². The van der Waals surface area contributed by atoms with Gasteiger partial charge < -0.3 is 15.1 Å². The van der Waals surface area contributed by atoms with Crippen LogP contribution >= 0.6 is 0 Å². The third-order valence-corrected chi connectivity index (χ3v) is 5.97. The molecule has 4 rings (SSSR count). The molecule has 0 saturated carbocycles. The molecule has 0 fully saturated rings. The van der Waals surface area contributed by atoms with Crippen LogP contribution in [0.25, 0.3) is 22.3 Å². The topological polar surface area (TPSA) is 102 Å². The van der Waals surface area contributed by atoms with Crippen molar-refractivity contribution in [1.29, 1.82) is 0 Å². The fourth-order valence-corrected chi connectivity index (χ4v) is 4.42. The Bertz CT molecular complexity index is 1420. The van der Waals surface area contributed by atoms with Crippen molar-refractivity contribution in [1.82, 2.24) is 20.1 Å². The molecule has 2 N–H and O–H groups in total. The largest absolute Gasteiger partial charge is 0.466 e. The highest BCUT2D eigenvalue weighted by Gasteiger charge is 2.21. The van der Waals surface area contributed by atoms with Crippen LogP contribution in [-0.2, 0) is 4.79 Å². The van der Waals surface area contributed by atoms with Gasteiger partial charge in [-0.15, -0.1) is 0 Å². The fraction of sp³-hybridized carbons (Fsp3) is 0.333. The van der Waals surface area contributed by atoms with Crippen LogP contribution in [0.15, 0.2) is 34.9 Å². The summed E-state index contributed by atoms with van der Waals surface area (Å²) in [6.07, 6.45) is 1.65. The van der Waals surface area contributed by atoms with Crippen molar-refractivity contribution in [2.75, 3.05) is 11.9 Å². The van der Waals surface area contributed by atoms with Crippen LogP contribution in [0.2, 0.25) is 0 Å². The molecule has 1 aromatic carbocycles. The summed E-state index contributed by atoms with van der Waals surface area (Å²) < 4.78 is 7.47. The zero-order chi connectivity index (χ0) is 25.4. The van der Waals surface area contributed by atoms with Crippen molar-refractivity contribution < 1.29 is 14.0 Å². The first-order valence-corrected chi connectivity index (χ1v) is 11.7. The maximum absolute atomic E-state index is 13.3. The van der Waals surface area contributed by atoms with Gasteiger partial charge in [-0.2, -0.15) is 5.10 Å². The van der Waals surface area contributed by atoms with Crippen LogP contribution in [0.5, 0.6) is 0 Å². The van der Waals surface area contributed by atoms with E-state index >= 15 is 0 Å². The molecule has 0 saturated heterocycles. The van der Waals surface area contributed by atoms with Gasteiger partial charge in [-0.25, -0.2) is 9.67 Å². The second-order valence-corrected chi connectivity index (χ2v) is 9.31. The molecule has 3 heterocycles. The van der Waals surface area contributed by atoms with Gasteiger partial charge in [0.05, 0.1) is 29.4 Å². The lowest BCUT2D eigenvalue weighted by Crippen LogP contribution is -2.33. The summed E-state index contributed by atoms with van der Waals surface area (Å²) in [6.45, 7) is 13.5. The molecule has 0 aliphatic carbocycles. The number of furan rings is 1. The number of benzene rings is 1. The van der Waals surface area contributed by atoms with Crippen LogP contribution in [0.3, 0.4) is 0 Å². The molecular weight excluding hydrogens is 442 g/mol. The minimum atomic E-state index is -0.368. The molecule has 182 valence electrons. The minimum Gasteiger partial charge on any atom is -0.466 e. The van der Waals surface area contributed by atoms with Gasteiger partial charge in [0.25, 0.3) is 5.91 Å². The average Bonchev–Trinajstić information content (AvgIpc) is 3.36. The number of amides is 2. The molecule has 0 bridgehead atoms. The van der Waals surface area contributed by atoms with Gasteiger partial charge in [0.1, 0.15) is 11.5 Å². The zero-order valence-corrected chi connectivity index (χ0v) is 21.2. The van der Waals surface area contributed by atoms with Crippen molar-refractivity contribution in [2.45, 2.75) is 54.5 Å². The molecule has 0 aliphatic rings. The Hall–Kier alpha value is -3.94. The number of carbonyl (C=O) groups is 2. The molecule has 0 radical (unpaired) electrons. The Kier molecular flexibility index (Phi) is 6.47. The molecule has 4 aromatic rings. The van der Waals surface area contributed by atoms with Crippen LogP contribution < -0.4 is 10.6 Å². The third kappa shape index (κ3) is 4.82. The van der Waals surface area contributed by atoms with Gasteiger partial charge >= 0.3 is 0 Å². The number of hydrogen-bond acceptors (Lipinski definition) is 5. The minimum absolute atomic E-state index is 0.0603. The predicted octanol–water partition coefficient (Wildman–Crippen LogP) is 5.18. The fourth-order valence-electron chi connectivity index (χ4n) is 4.42. The molecule has 0 aliphatic heterocycles. The van der Waals surface area contributed by atoms with Gasteiger partial charge in [0.15, 0.2) is 5.65 Å². The first-order valence-electron chi connectivity index (χ1n) is 11.7. The van der Waals surface area contributed by atoms with E-state index in [1.165, 1.54) is 0 Å². The van der Waals surface area contributed by atoms with E-state index in [0.29, 0.717) is 22.3 Å². The summed E-state index contributed by atoms with van der Waals surface area (Å²) in [6, 6.07) is 7.73. The molecule has 0 spiro atoms. The van der Waals surface area contributed by atoms with E-state index in [9.17, 15) is 9.59 Å². The van der Waals surface area contributed by atoms with Gasteiger partial charge in [-0.3, -0.25) is 9.59 Å². The van der Waals surface area contributed by atoms with Crippen LogP contribution in [-0.4, -0.2) is 33.1 Å². The summed E-state index contributed by atoms with van der Waals surface area (Å²) in [5.41, 5.74) is 6.32. The maximum atomic E-state index is 13.3. The average molecular weight is 474 g/mol. The highest BCUT2D eigenvalue weighted by atomic mass is 16.3. The van der Waals surface area contributed by atoms with E-state index in [1.54, 1.807) is 16.9 Å². The maximum Gasteiger partial charge on any atom is 0.252 e. The molecule has 0 atom stereocenters. The lowest BCUT2D eigenvalue weighted by atomic mass is 10.1. The van der Waals surface area contributed by atoms with E-state index in [1.807, 2.05) is 66.7 Å². The van der Waals surface area contributed by atoms with Crippen molar-refractivity contribution in [3.05, 3.63) is 64.2 Å². The highest BCUT2D eigenvalue weighted by molar-refractivity contribution is 6.08. The number of aromatic nitrogens is 3. The molecule has 8 nitrogen and oxygen atoms in total. The molecule has 35 heavy (non-hydrogen) atoms. The smallest absolute Gasteiger partial charge is 0.252 e. The van der Waals surface area contributed by atoms with E-state index in [-0.39, 0.29) is 24.4 Å². The zero-order valence-electron chi connectivity index (χ0n) is 21.2. The monoisotopic (exact) mass is 473 g/mol. The Morgan fingerprint density at radius 2 is 1.71 bits per heavy atom. The van der Waals surface area contributed by atoms with Crippen molar-refractivity contribution in [2.24, 2.45) is 0 Å². The number of nitrogens with zero attached hydrogens (tertiary/aromatic N) is 3. The first-order chi connectivity index (χ1) is 16.5. The molecule has 2 amide bonds. The summed E-state index contributed by atoms with van der Waals surface area (Å²) in [5, 5.41) is 10.8. The Morgan fingerprint density at radius 1 is 1.03 bits per heavy atom. The number of rotatable bonds is 6. The standard InChI is InChI=1S/C27H31N5O3/c1-14(2)32-26-22(12-29-32)21(11-23(30-26)20-10-18(6)35-19(20)7)27(34)28-13-24(33)31-25-16(4)8-15(3)9-17(25)5/h8-12,14H,13H2,1-7H3,(H,28,34)(H,31,33). The number of fused-ring (bicyclic) bond motifs is 1. The van der Waals surface area contributed by atoms with E-state index in [2.05, 4.69) is 15.7 Å². The molecule has 0 unspecified atom stereocenters. The Morgan fingerprint density at radius 3 is 2.31 bits per heavy atom. The van der Waals surface area contributed by atoms with Crippen molar-refractivity contribution >= 4 is 28.5 Å². The predicted molar refractivity (Wildman–Crippen MR) is 137 cm³/mol. The lowest BCUT2D eigenvalue weighted by Gasteiger charge is -2.14. The number of carbonyl (C=O) groups excluding carboxylic acids is 2. The van der Waals surface area contributed by atoms with Gasteiger partial charge in [0.2, 0.25) is 5.91 Å². The van der Waals surface area contributed by atoms with Crippen LogP contribution in [0, 0.1) is 34.6 Å². The SMILES string of the molecule is Cc1cc(C)c(NC(=O)CNC(=O)c2cc(-c3cc(C)oc3C)nc3c2cnn3C(C)C)c(C)c1. The number of pyridine rings is 1. The van der Waals surface area contributed by atoms with Gasteiger partial charge in [-0.1, -0.05) is 17.7 Å². The number of hydrogen-bond donors (Lipinski definition) is 2. The van der Waals surface area contributed by atoms with Crippen molar-refractivity contribution in [3.8, 4) is 11.3 Å².